The van der Waals surface area contributed by atoms with Crippen LogP contribution in [0.4, 0.5) is 15.0 Å². The summed E-state index contributed by atoms with van der Waals surface area (Å²) in [6, 6.07) is 10.4. The van der Waals surface area contributed by atoms with Crippen LogP contribution in [0.15, 0.2) is 61.1 Å². The predicted octanol–water partition coefficient (Wildman–Crippen LogP) is 2.87. The minimum absolute atomic E-state index is 0.332. The molecule has 2 amide bonds. The molecule has 6 nitrogen and oxygen atoms in total. The molecule has 7 heteroatoms. The molecule has 0 radical (unpaired) electrons. The largest absolute Gasteiger partial charge is 0.327 e. The molecule has 0 saturated carbocycles. The van der Waals surface area contributed by atoms with Crippen LogP contribution >= 0.6 is 0 Å². The molecular weight excluding hydrogens is 309 g/mol. The Morgan fingerprint density at radius 2 is 1.96 bits per heavy atom. The molecule has 122 valence electrons. The molecule has 0 unspecified atom stereocenters. The Hall–Kier alpha value is -3.22. The minimum atomic E-state index is -0.456. The molecule has 2 aromatic heterocycles. The number of amides is 2. The molecule has 0 spiro atoms. The number of pyridine rings is 1. The summed E-state index contributed by atoms with van der Waals surface area (Å²) in [6.07, 6.45) is 5.05. The monoisotopic (exact) mass is 325 g/mol. The summed E-state index contributed by atoms with van der Waals surface area (Å²) >= 11 is 0. The zero-order valence-corrected chi connectivity index (χ0v) is 13.0. The predicted molar refractivity (Wildman–Crippen MR) is 87.8 cm³/mol. The molecule has 1 atom stereocenters. The standard InChI is InChI=1S/C17H16FN5O/c1-23-11-13(10-20-23)16(12-5-7-14(18)8-6-12)22-17(24)21-15-4-2-3-9-19-15/h2-11,16H,1H3,(H2,19,21,22,24)/t16-/m0/s1. The highest BCUT2D eigenvalue weighted by Gasteiger charge is 2.18. The quantitative estimate of drug-likeness (QED) is 0.775. The van der Waals surface area contributed by atoms with Crippen molar-refractivity contribution in [2.45, 2.75) is 6.04 Å². The van der Waals surface area contributed by atoms with Gasteiger partial charge in [-0.15, -0.1) is 0 Å². The van der Waals surface area contributed by atoms with Gasteiger partial charge in [-0.25, -0.2) is 14.2 Å². The fourth-order valence-corrected chi connectivity index (χ4v) is 2.32. The van der Waals surface area contributed by atoms with Crippen LogP contribution in [0.1, 0.15) is 17.2 Å². The van der Waals surface area contributed by atoms with Crippen LogP contribution in [-0.2, 0) is 7.05 Å². The third-order valence-corrected chi connectivity index (χ3v) is 3.44. The lowest BCUT2D eigenvalue weighted by molar-refractivity contribution is 0.250. The fraction of sp³-hybridized carbons (Fsp3) is 0.118. The summed E-state index contributed by atoms with van der Waals surface area (Å²) in [5, 5.41) is 9.66. The van der Waals surface area contributed by atoms with Crippen LogP contribution in [-0.4, -0.2) is 20.8 Å². The maximum Gasteiger partial charge on any atom is 0.321 e. The van der Waals surface area contributed by atoms with Gasteiger partial charge < -0.3 is 5.32 Å². The van der Waals surface area contributed by atoms with E-state index < -0.39 is 12.1 Å². The lowest BCUT2D eigenvalue weighted by Crippen LogP contribution is -2.33. The van der Waals surface area contributed by atoms with E-state index in [0.717, 1.165) is 11.1 Å². The summed E-state index contributed by atoms with van der Waals surface area (Å²) in [4.78, 5) is 16.3. The highest BCUT2D eigenvalue weighted by atomic mass is 19.1. The number of aryl methyl sites for hydroxylation is 1. The van der Waals surface area contributed by atoms with Crippen LogP contribution in [0.2, 0.25) is 0 Å². The van der Waals surface area contributed by atoms with Gasteiger partial charge in [-0.05, 0) is 29.8 Å². The van der Waals surface area contributed by atoms with E-state index in [9.17, 15) is 9.18 Å². The third kappa shape index (κ3) is 3.75. The van der Waals surface area contributed by atoms with E-state index in [4.69, 9.17) is 0 Å². The van der Waals surface area contributed by atoms with Gasteiger partial charge in [0, 0.05) is 25.0 Å². The average molecular weight is 325 g/mol. The summed E-state index contributed by atoms with van der Waals surface area (Å²) in [5.41, 5.74) is 1.54. The van der Waals surface area contributed by atoms with E-state index in [1.807, 2.05) is 0 Å². The SMILES string of the molecule is Cn1cc([C@@H](NC(=O)Nc2ccccn2)c2ccc(F)cc2)cn1. The number of halogens is 1. The van der Waals surface area contributed by atoms with Crippen LogP contribution in [0.5, 0.6) is 0 Å². The molecule has 0 aliphatic heterocycles. The number of urea groups is 1. The van der Waals surface area contributed by atoms with Crippen LogP contribution in [0, 0.1) is 5.82 Å². The van der Waals surface area contributed by atoms with Gasteiger partial charge in [0.25, 0.3) is 0 Å². The number of hydrogen-bond donors (Lipinski definition) is 2. The first-order valence-corrected chi connectivity index (χ1v) is 7.34. The van der Waals surface area contributed by atoms with Crippen molar-refractivity contribution in [3.8, 4) is 0 Å². The van der Waals surface area contributed by atoms with E-state index in [-0.39, 0.29) is 5.82 Å². The Bertz CT molecular complexity index is 817. The van der Waals surface area contributed by atoms with E-state index in [0.29, 0.717) is 5.82 Å². The second-order valence-corrected chi connectivity index (χ2v) is 5.25. The van der Waals surface area contributed by atoms with Gasteiger partial charge in [-0.3, -0.25) is 10.00 Å². The van der Waals surface area contributed by atoms with Crippen molar-refractivity contribution in [1.29, 1.82) is 0 Å². The highest BCUT2D eigenvalue weighted by Crippen LogP contribution is 2.22. The number of nitrogens with zero attached hydrogens (tertiary/aromatic N) is 3. The first-order valence-electron chi connectivity index (χ1n) is 7.34. The topological polar surface area (TPSA) is 71.8 Å². The molecule has 3 rings (SSSR count). The van der Waals surface area contributed by atoms with Gasteiger partial charge in [0.15, 0.2) is 0 Å². The Balaban J connectivity index is 1.82. The fourth-order valence-electron chi connectivity index (χ4n) is 2.32. The summed E-state index contributed by atoms with van der Waals surface area (Å²) in [6.45, 7) is 0. The van der Waals surface area contributed by atoms with Crippen molar-refractivity contribution in [2.75, 3.05) is 5.32 Å². The molecule has 0 bridgehead atoms. The van der Waals surface area contributed by atoms with Crippen LogP contribution in [0.25, 0.3) is 0 Å². The molecule has 1 aromatic carbocycles. The molecule has 2 heterocycles. The van der Waals surface area contributed by atoms with Gasteiger partial charge in [0.05, 0.1) is 12.2 Å². The van der Waals surface area contributed by atoms with Crippen LogP contribution < -0.4 is 10.6 Å². The van der Waals surface area contributed by atoms with Crippen LogP contribution in [0.3, 0.4) is 0 Å². The third-order valence-electron chi connectivity index (χ3n) is 3.44. The summed E-state index contributed by atoms with van der Waals surface area (Å²) in [7, 11) is 1.79. The van der Waals surface area contributed by atoms with E-state index >= 15 is 0 Å². The lowest BCUT2D eigenvalue weighted by Gasteiger charge is -2.18. The number of aromatic nitrogens is 3. The van der Waals surface area contributed by atoms with Gasteiger partial charge in [-0.1, -0.05) is 18.2 Å². The molecular formula is C17H16FN5O. The van der Waals surface area contributed by atoms with Crippen molar-refractivity contribution in [2.24, 2.45) is 7.05 Å². The molecule has 0 aliphatic carbocycles. The lowest BCUT2D eigenvalue weighted by atomic mass is 10.0. The minimum Gasteiger partial charge on any atom is -0.327 e. The first-order chi connectivity index (χ1) is 11.6. The maximum atomic E-state index is 13.2. The van der Waals surface area contributed by atoms with Gasteiger partial charge in [0.2, 0.25) is 0 Å². The van der Waals surface area contributed by atoms with Crippen molar-refractivity contribution in [3.05, 3.63) is 78.0 Å². The summed E-state index contributed by atoms with van der Waals surface area (Å²) in [5.74, 6) is 0.112. The Kier molecular flexibility index (Phi) is 4.51. The number of rotatable bonds is 4. The second-order valence-electron chi connectivity index (χ2n) is 5.25. The van der Waals surface area contributed by atoms with Crippen molar-refractivity contribution in [3.63, 3.8) is 0 Å². The molecule has 0 fully saturated rings. The van der Waals surface area contributed by atoms with E-state index in [1.54, 1.807) is 60.7 Å². The maximum absolute atomic E-state index is 13.2. The molecule has 24 heavy (non-hydrogen) atoms. The smallest absolute Gasteiger partial charge is 0.321 e. The number of hydrogen-bond acceptors (Lipinski definition) is 3. The average Bonchev–Trinajstić information content (AvgIpc) is 3.01. The zero-order valence-electron chi connectivity index (χ0n) is 13.0. The molecule has 3 aromatic rings. The number of carbonyl (C=O) groups is 1. The number of anilines is 1. The van der Waals surface area contributed by atoms with Crippen molar-refractivity contribution in [1.82, 2.24) is 20.1 Å². The second kappa shape index (κ2) is 6.91. The van der Waals surface area contributed by atoms with Gasteiger partial charge in [-0.2, -0.15) is 5.10 Å². The zero-order chi connectivity index (χ0) is 16.9. The van der Waals surface area contributed by atoms with E-state index in [2.05, 4.69) is 20.7 Å². The molecule has 2 N–H and O–H groups in total. The molecule has 0 saturated heterocycles. The Morgan fingerprint density at radius 3 is 2.58 bits per heavy atom. The number of nitrogens with one attached hydrogen (secondary N) is 2. The number of carbonyl (C=O) groups excluding carboxylic acids is 1. The normalized spacial score (nSPS) is 11.8. The van der Waals surface area contributed by atoms with Gasteiger partial charge >= 0.3 is 6.03 Å². The highest BCUT2D eigenvalue weighted by molar-refractivity contribution is 5.88. The van der Waals surface area contributed by atoms with E-state index in [1.165, 1.54) is 12.1 Å². The van der Waals surface area contributed by atoms with Crippen molar-refractivity contribution >= 4 is 11.8 Å². The first kappa shape index (κ1) is 15.7. The number of benzene rings is 1. The molecule has 0 aliphatic rings. The summed E-state index contributed by atoms with van der Waals surface area (Å²) < 4.78 is 14.8. The Morgan fingerprint density at radius 1 is 1.17 bits per heavy atom. The Labute approximate surface area is 138 Å². The van der Waals surface area contributed by atoms with Gasteiger partial charge in [0.1, 0.15) is 11.6 Å². The van der Waals surface area contributed by atoms with Crippen molar-refractivity contribution < 1.29 is 9.18 Å².